The summed E-state index contributed by atoms with van der Waals surface area (Å²) in [6.07, 6.45) is 6.82. The molecule has 0 aliphatic carbocycles. The fourth-order valence-corrected chi connectivity index (χ4v) is 3.11. The first kappa shape index (κ1) is 17.4. The fraction of sp³-hybridized carbons (Fsp3) is 0.333. The number of imidazole rings is 1. The van der Waals surface area contributed by atoms with Crippen molar-refractivity contribution in [1.82, 2.24) is 24.2 Å². The molecule has 3 aromatic heterocycles. The molecular weight excluding hydrogens is 336 g/mol. The van der Waals surface area contributed by atoms with E-state index in [0.717, 1.165) is 47.5 Å². The molecule has 0 spiro atoms. The molecule has 132 valence electrons. The summed E-state index contributed by atoms with van der Waals surface area (Å²) < 4.78 is 4.07. The predicted molar refractivity (Wildman–Crippen MR) is 102 cm³/mol. The van der Waals surface area contributed by atoms with Gasteiger partial charge in [0, 0.05) is 58.4 Å². The normalized spacial score (nSPS) is 11.9. The lowest BCUT2D eigenvalue weighted by atomic mass is 10.3. The Labute approximate surface area is 152 Å². The van der Waals surface area contributed by atoms with E-state index in [4.69, 9.17) is 11.6 Å². The van der Waals surface area contributed by atoms with Crippen LogP contribution in [0.1, 0.15) is 11.4 Å². The molecule has 0 aromatic carbocycles. The highest BCUT2D eigenvalue weighted by Crippen LogP contribution is 2.14. The molecule has 3 heterocycles. The molecule has 0 unspecified atom stereocenters. The van der Waals surface area contributed by atoms with Crippen LogP contribution < -0.4 is 5.32 Å². The first-order valence-corrected chi connectivity index (χ1v) is 8.60. The maximum atomic E-state index is 6.05. The molecule has 0 atom stereocenters. The molecule has 0 aliphatic heterocycles. The van der Waals surface area contributed by atoms with E-state index in [0.29, 0.717) is 0 Å². The van der Waals surface area contributed by atoms with E-state index < -0.39 is 0 Å². The number of halogens is 1. The van der Waals surface area contributed by atoms with Gasteiger partial charge in [-0.3, -0.25) is 4.99 Å². The molecule has 25 heavy (non-hydrogen) atoms. The van der Waals surface area contributed by atoms with Crippen LogP contribution >= 0.6 is 11.6 Å². The zero-order chi connectivity index (χ0) is 17.8. The number of aromatic nitrogens is 3. The Balaban J connectivity index is 1.55. The molecule has 6 nitrogen and oxygen atoms in total. The van der Waals surface area contributed by atoms with Crippen molar-refractivity contribution < 1.29 is 0 Å². The van der Waals surface area contributed by atoms with Crippen molar-refractivity contribution in [2.45, 2.75) is 13.0 Å². The lowest BCUT2D eigenvalue weighted by molar-refractivity contribution is 0.462. The lowest BCUT2D eigenvalue weighted by Gasteiger charge is -2.22. The number of nitrogens with one attached hydrogen (secondary N) is 1. The number of pyridine rings is 1. The molecule has 3 aromatic rings. The Morgan fingerprint density at radius 3 is 2.88 bits per heavy atom. The zero-order valence-electron chi connectivity index (χ0n) is 14.8. The number of hydrogen-bond acceptors (Lipinski definition) is 2. The molecule has 0 saturated heterocycles. The molecule has 1 N–H and O–H groups in total. The third-order valence-corrected chi connectivity index (χ3v) is 4.33. The van der Waals surface area contributed by atoms with Crippen LogP contribution in [0.5, 0.6) is 0 Å². The first-order valence-electron chi connectivity index (χ1n) is 8.22. The summed E-state index contributed by atoms with van der Waals surface area (Å²) in [7, 11) is 5.80. The van der Waals surface area contributed by atoms with E-state index in [1.165, 1.54) is 0 Å². The largest absolute Gasteiger partial charge is 0.356 e. The number of aliphatic imine (C=N–C) groups is 1. The van der Waals surface area contributed by atoms with E-state index in [1.54, 1.807) is 7.05 Å². The van der Waals surface area contributed by atoms with E-state index in [-0.39, 0.29) is 0 Å². The van der Waals surface area contributed by atoms with Crippen molar-refractivity contribution in [3.63, 3.8) is 0 Å². The van der Waals surface area contributed by atoms with Crippen LogP contribution in [-0.4, -0.2) is 45.5 Å². The Morgan fingerprint density at radius 2 is 2.20 bits per heavy atom. The summed E-state index contributed by atoms with van der Waals surface area (Å²) in [5.41, 5.74) is 3.17. The van der Waals surface area contributed by atoms with Crippen LogP contribution in [0.2, 0.25) is 5.02 Å². The molecule has 3 rings (SSSR count). The highest BCUT2D eigenvalue weighted by Gasteiger charge is 2.10. The van der Waals surface area contributed by atoms with Gasteiger partial charge in [-0.15, -0.1) is 0 Å². The van der Waals surface area contributed by atoms with Gasteiger partial charge in [0.2, 0.25) is 0 Å². The molecule has 0 saturated carbocycles. The summed E-state index contributed by atoms with van der Waals surface area (Å²) >= 11 is 6.05. The van der Waals surface area contributed by atoms with Gasteiger partial charge in [-0.05, 0) is 18.2 Å². The van der Waals surface area contributed by atoms with E-state index in [2.05, 4.69) is 26.4 Å². The van der Waals surface area contributed by atoms with Gasteiger partial charge < -0.3 is 19.2 Å². The van der Waals surface area contributed by atoms with Gasteiger partial charge in [0.05, 0.1) is 17.3 Å². The average Bonchev–Trinajstić information content (AvgIpc) is 3.13. The molecule has 7 heteroatoms. The number of rotatable bonds is 5. The van der Waals surface area contributed by atoms with Gasteiger partial charge >= 0.3 is 0 Å². The SMILES string of the molecule is CN=C(NCCc1cn2ccccc2n1)N(C)Cc1cc(Cl)cn1C. The lowest BCUT2D eigenvalue weighted by Crippen LogP contribution is -2.39. The second kappa shape index (κ2) is 7.61. The smallest absolute Gasteiger partial charge is 0.193 e. The minimum Gasteiger partial charge on any atom is -0.356 e. The van der Waals surface area contributed by atoms with Gasteiger partial charge in [-0.2, -0.15) is 0 Å². The second-order valence-electron chi connectivity index (χ2n) is 6.04. The summed E-state index contributed by atoms with van der Waals surface area (Å²) in [6.45, 7) is 1.51. The third-order valence-electron chi connectivity index (χ3n) is 4.13. The van der Waals surface area contributed by atoms with Gasteiger partial charge in [-0.25, -0.2) is 4.98 Å². The summed E-state index contributed by atoms with van der Waals surface area (Å²) in [5, 5.41) is 4.14. The van der Waals surface area contributed by atoms with Gasteiger partial charge in [0.25, 0.3) is 0 Å². The highest BCUT2D eigenvalue weighted by molar-refractivity contribution is 6.30. The van der Waals surface area contributed by atoms with Crippen molar-refractivity contribution in [3.8, 4) is 0 Å². The molecule has 0 bridgehead atoms. The number of nitrogens with zero attached hydrogens (tertiary/aromatic N) is 5. The van der Waals surface area contributed by atoms with E-state index in [1.807, 2.05) is 59.7 Å². The van der Waals surface area contributed by atoms with E-state index in [9.17, 15) is 0 Å². The van der Waals surface area contributed by atoms with Crippen molar-refractivity contribution >= 4 is 23.2 Å². The Morgan fingerprint density at radius 1 is 1.36 bits per heavy atom. The molecule has 0 fully saturated rings. The summed E-state index contributed by atoms with van der Waals surface area (Å²) in [4.78, 5) is 11.1. The van der Waals surface area contributed by atoms with Crippen LogP contribution in [0.15, 0.2) is 47.8 Å². The third kappa shape index (κ3) is 4.14. The minimum absolute atomic E-state index is 0.733. The van der Waals surface area contributed by atoms with Crippen molar-refractivity contribution in [1.29, 1.82) is 0 Å². The average molecular weight is 359 g/mol. The Hall–Kier alpha value is -2.47. The number of aryl methyl sites for hydroxylation is 1. The summed E-state index contributed by atoms with van der Waals surface area (Å²) in [6, 6.07) is 7.98. The standard InChI is InChI=1S/C18H23ClN6/c1-20-18(24(3)13-16-10-14(19)11-23(16)2)21-8-7-15-12-25-9-5-4-6-17(25)22-15/h4-6,9-12H,7-8,13H2,1-3H3,(H,20,21). The first-order chi connectivity index (χ1) is 12.1. The van der Waals surface area contributed by atoms with Crippen molar-refractivity contribution in [3.05, 3.63) is 59.3 Å². The van der Waals surface area contributed by atoms with Gasteiger partial charge in [-0.1, -0.05) is 17.7 Å². The molecular formula is C18H23ClN6. The topological polar surface area (TPSA) is 49.9 Å². The minimum atomic E-state index is 0.733. The second-order valence-corrected chi connectivity index (χ2v) is 6.48. The van der Waals surface area contributed by atoms with Crippen molar-refractivity contribution in [2.24, 2.45) is 12.0 Å². The fourth-order valence-electron chi connectivity index (χ4n) is 2.84. The van der Waals surface area contributed by atoms with Crippen LogP contribution in [0, 0.1) is 0 Å². The molecule has 0 amide bonds. The monoisotopic (exact) mass is 358 g/mol. The highest BCUT2D eigenvalue weighted by atomic mass is 35.5. The van der Waals surface area contributed by atoms with Crippen LogP contribution in [0.4, 0.5) is 0 Å². The Bertz CT molecular complexity index is 846. The van der Waals surface area contributed by atoms with Crippen LogP contribution in [0.3, 0.4) is 0 Å². The summed E-state index contributed by atoms with van der Waals surface area (Å²) in [5.74, 6) is 0.848. The van der Waals surface area contributed by atoms with Crippen LogP contribution in [0.25, 0.3) is 5.65 Å². The van der Waals surface area contributed by atoms with Crippen LogP contribution in [-0.2, 0) is 20.0 Å². The zero-order valence-corrected chi connectivity index (χ0v) is 15.5. The number of hydrogen-bond donors (Lipinski definition) is 1. The predicted octanol–water partition coefficient (Wildman–Crippen LogP) is 2.58. The van der Waals surface area contributed by atoms with Gasteiger partial charge in [0.1, 0.15) is 5.65 Å². The van der Waals surface area contributed by atoms with E-state index >= 15 is 0 Å². The molecule has 0 radical (unpaired) electrons. The molecule has 0 aliphatic rings. The van der Waals surface area contributed by atoms with Crippen molar-refractivity contribution in [2.75, 3.05) is 20.6 Å². The van der Waals surface area contributed by atoms with Gasteiger partial charge in [0.15, 0.2) is 5.96 Å². The maximum absolute atomic E-state index is 6.05. The quantitative estimate of drug-likeness (QED) is 0.563. The maximum Gasteiger partial charge on any atom is 0.193 e. The Kier molecular flexibility index (Phi) is 5.28. The number of fused-ring (bicyclic) bond motifs is 1. The number of guanidine groups is 1.